The van der Waals surface area contributed by atoms with Gasteiger partial charge in [-0.15, -0.1) is 0 Å². The van der Waals surface area contributed by atoms with E-state index in [1.807, 2.05) is 12.1 Å². The Morgan fingerprint density at radius 1 is 0.365 bits per heavy atom. The molecule has 0 aliphatic heterocycles. The molecule has 52 heavy (non-hydrogen) atoms. The lowest BCUT2D eigenvalue weighted by molar-refractivity contribution is 0.663. The third-order valence-electron chi connectivity index (χ3n) is 11.6. The van der Waals surface area contributed by atoms with Gasteiger partial charge in [0.2, 0.25) is 0 Å². The number of hydrogen-bond acceptors (Lipinski definition) is 1. The van der Waals surface area contributed by atoms with Gasteiger partial charge in [-0.25, -0.2) is 0 Å². The third-order valence-corrected chi connectivity index (χ3v) is 11.6. The molecule has 1 heterocycles. The minimum absolute atomic E-state index is 0.165. The molecule has 0 amide bonds. The Morgan fingerprint density at radius 2 is 0.923 bits per heavy atom. The van der Waals surface area contributed by atoms with Gasteiger partial charge < -0.3 is 4.42 Å². The number of rotatable bonds is 3. The van der Waals surface area contributed by atoms with Crippen molar-refractivity contribution in [2.45, 2.75) is 19.3 Å². The highest BCUT2D eigenvalue weighted by molar-refractivity contribution is 6.22. The van der Waals surface area contributed by atoms with E-state index in [1.54, 1.807) is 0 Å². The van der Waals surface area contributed by atoms with E-state index in [-0.39, 0.29) is 5.41 Å². The van der Waals surface area contributed by atoms with E-state index in [9.17, 15) is 0 Å². The van der Waals surface area contributed by atoms with Gasteiger partial charge in [-0.05, 0) is 112 Å². The Kier molecular flexibility index (Phi) is 6.08. The van der Waals surface area contributed by atoms with E-state index >= 15 is 0 Å². The highest BCUT2D eigenvalue weighted by Crippen LogP contribution is 2.56. The van der Waals surface area contributed by atoms with E-state index in [0.29, 0.717) is 0 Å². The van der Waals surface area contributed by atoms with Gasteiger partial charge in [-0.3, -0.25) is 0 Å². The highest BCUT2D eigenvalue weighted by Gasteiger charge is 2.39. The lowest BCUT2D eigenvalue weighted by Gasteiger charge is -2.26. The standard InChI is InChI=1S/C51H34O/c1-51(2)44-27-25-31-13-3-4-16-35(31)49(44)42-23-12-22-41(50(42)51)48-39-20-7-5-18-37(39)47(38-19-6-8-21-40(38)48)34-15-11-14-32(29-34)33-26-28-46-43(30-33)36-17-9-10-24-45(36)52-46/h3-30H,1-2H3. The van der Waals surface area contributed by atoms with Crippen molar-refractivity contribution in [1.82, 2.24) is 0 Å². The summed E-state index contributed by atoms with van der Waals surface area (Å²) in [5.74, 6) is 0. The molecule has 244 valence electrons. The lowest BCUT2D eigenvalue weighted by Crippen LogP contribution is -2.16. The molecule has 1 nitrogen and oxygen atoms in total. The molecule has 9 aromatic carbocycles. The van der Waals surface area contributed by atoms with Gasteiger partial charge in [0.15, 0.2) is 0 Å². The summed E-state index contributed by atoms with van der Waals surface area (Å²) in [6, 6.07) is 62.4. The van der Waals surface area contributed by atoms with Crippen LogP contribution in [0.1, 0.15) is 25.0 Å². The molecule has 0 unspecified atom stereocenters. The summed E-state index contributed by atoms with van der Waals surface area (Å²) < 4.78 is 6.16. The molecule has 0 saturated heterocycles. The first kappa shape index (κ1) is 29.3. The maximum Gasteiger partial charge on any atom is 0.135 e. The molecule has 0 N–H and O–H groups in total. The van der Waals surface area contributed by atoms with E-state index in [2.05, 4.69) is 172 Å². The summed E-state index contributed by atoms with van der Waals surface area (Å²) in [7, 11) is 0. The van der Waals surface area contributed by atoms with Crippen LogP contribution in [-0.2, 0) is 5.41 Å². The van der Waals surface area contributed by atoms with E-state index in [1.165, 1.54) is 88.0 Å². The zero-order valence-corrected chi connectivity index (χ0v) is 29.1. The second kappa shape index (κ2) is 10.8. The monoisotopic (exact) mass is 662 g/mol. The van der Waals surface area contributed by atoms with Gasteiger partial charge in [0.25, 0.3) is 0 Å². The molecule has 0 saturated carbocycles. The first-order chi connectivity index (χ1) is 25.6. The molecule has 11 rings (SSSR count). The van der Waals surface area contributed by atoms with Gasteiger partial charge in [0.1, 0.15) is 11.2 Å². The van der Waals surface area contributed by atoms with Crippen LogP contribution < -0.4 is 0 Å². The fraction of sp³-hybridized carbons (Fsp3) is 0.0588. The molecule has 0 atom stereocenters. The average Bonchev–Trinajstić information content (AvgIpc) is 3.68. The van der Waals surface area contributed by atoms with Crippen molar-refractivity contribution in [1.29, 1.82) is 0 Å². The van der Waals surface area contributed by atoms with Crippen LogP contribution in [0.2, 0.25) is 0 Å². The van der Waals surface area contributed by atoms with Crippen LogP contribution in [-0.4, -0.2) is 0 Å². The van der Waals surface area contributed by atoms with Gasteiger partial charge in [0, 0.05) is 16.2 Å². The summed E-state index contributed by atoms with van der Waals surface area (Å²) >= 11 is 0. The molecule has 1 aromatic heterocycles. The van der Waals surface area contributed by atoms with Crippen molar-refractivity contribution in [3.05, 3.63) is 181 Å². The van der Waals surface area contributed by atoms with Crippen LogP contribution >= 0.6 is 0 Å². The second-order valence-electron chi connectivity index (χ2n) is 14.8. The molecule has 10 aromatic rings. The largest absolute Gasteiger partial charge is 0.456 e. The Balaban J connectivity index is 1.16. The molecule has 1 heteroatoms. The predicted octanol–water partition coefficient (Wildman–Crippen LogP) is 14.4. The summed E-state index contributed by atoms with van der Waals surface area (Å²) in [5.41, 5.74) is 14.7. The molecule has 1 aliphatic carbocycles. The van der Waals surface area contributed by atoms with Crippen molar-refractivity contribution in [3.63, 3.8) is 0 Å². The normalized spacial score (nSPS) is 13.3. The van der Waals surface area contributed by atoms with Crippen molar-refractivity contribution < 1.29 is 4.42 Å². The Hall–Kier alpha value is -6.44. The number of hydrogen-bond donors (Lipinski definition) is 0. The van der Waals surface area contributed by atoms with E-state index in [4.69, 9.17) is 4.42 Å². The summed E-state index contributed by atoms with van der Waals surface area (Å²) in [6.45, 7) is 4.81. The fourth-order valence-electron chi connectivity index (χ4n) is 9.35. The molecule has 0 fully saturated rings. The minimum Gasteiger partial charge on any atom is -0.456 e. The Labute approximate surface area is 302 Å². The van der Waals surface area contributed by atoms with Crippen LogP contribution in [0.25, 0.3) is 98.8 Å². The molecule has 0 radical (unpaired) electrons. The second-order valence-corrected chi connectivity index (χ2v) is 14.8. The van der Waals surface area contributed by atoms with Crippen LogP contribution in [0.4, 0.5) is 0 Å². The summed E-state index contributed by atoms with van der Waals surface area (Å²) in [6.07, 6.45) is 0. The first-order valence-electron chi connectivity index (χ1n) is 18.2. The van der Waals surface area contributed by atoms with Gasteiger partial charge >= 0.3 is 0 Å². The zero-order valence-electron chi connectivity index (χ0n) is 29.1. The average molecular weight is 663 g/mol. The molecular formula is C51H34O. The lowest BCUT2D eigenvalue weighted by atomic mass is 9.76. The minimum atomic E-state index is -0.165. The summed E-state index contributed by atoms with van der Waals surface area (Å²) in [4.78, 5) is 0. The van der Waals surface area contributed by atoms with Gasteiger partial charge in [-0.2, -0.15) is 0 Å². The van der Waals surface area contributed by atoms with Crippen LogP contribution in [0, 0.1) is 0 Å². The van der Waals surface area contributed by atoms with Crippen LogP contribution in [0.3, 0.4) is 0 Å². The maximum atomic E-state index is 6.16. The SMILES string of the molecule is CC1(C)c2ccc3ccccc3c2-c2cccc(-c3c4ccccc4c(-c4cccc(-c5ccc6oc7ccccc7c6c5)c4)c4ccccc34)c21. The number of para-hydroxylation sites is 1. The molecule has 0 bridgehead atoms. The van der Waals surface area contributed by atoms with Crippen LogP contribution in [0.5, 0.6) is 0 Å². The zero-order chi connectivity index (χ0) is 34.6. The molecule has 1 aliphatic rings. The Bertz CT molecular complexity index is 3040. The van der Waals surface area contributed by atoms with Gasteiger partial charge in [-0.1, -0.05) is 159 Å². The van der Waals surface area contributed by atoms with Crippen molar-refractivity contribution in [2.24, 2.45) is 0 Å². The number of benzene rings is 9. The predicted molar refractivity (Wildman–Crippen MR) is 220 cm³/mol. The summed E-state index contributed by atoms with van der Waals surface area (Å²) in [5, 5.41) is 9.99. The van der Waals surface area contributed by atoms with Crippen LogP contribution in [0.15, 0.2) is 174 Å². The van der Waals surface area contributed by atoms with Crippen molar-refractivity contribution >= 4 is 54.3 Å². The third kappa shape index (κ3) is 4.05. The number of fused-ring (bicyclic) bond motifs is 10. The van der Waals surface area contributed by atoms with Gasteiger partial charge in [0.05, 0.1) is 0 Å². The molecule has 0 spiro atoms. The maximum absolute atomic E-state index is 6.16. The van der Waals surface area contributed by atoms with Crippen molar-refractivity contribution in [3.8, 4) is 44.5 Å². The molecular weight excluding hydrogens is 629 g/mol. The smallest absolute Gasteiger partial charge is 0.135 e. The first-order valence-corrected chi connectivity index (χ1v) is 18.2. The Morgan fingerprint density at radius 3 is 1.67 bits per heavy atom. The van der Waals surface area contributed by atoms with E-state index in [0.717, 1.165) is 21.9 Å². The highest BCUT2D eigenvalue weighted by atomic mass is 16.3. The van der Waals surface area contributed by atoms with E-state index < -0.39 is 0 Å². The topological polar surface area (TPSA) is 13.1 Å². The quantitative estimate of drug-likeness (QED) is 0.172. The van der Waals surface area contributed by atoms with Crippen molar-refractivity contribution in [2.75, 3.05) is 0 Å². The number of furan rings is 1. The fourth-order valence-corrected chi connectivity index (χ4v) is 9.35.